The zero-order valence-electron chi connectivity index (χ0n) is 7.15. The summed E-state index contributed by atoms with van der Waals surface area (Å²) in [6.45, 7) is 1.28. The Morgan fingerprint density at radius 1 is 1.17 bits per heavy atom. The Bertz CT molecular complexity index is 210. The molecule has 0 aliphatic carbocycles. The number of likely N-dealkylation sites (N-methyl/N-ethyl adjacent to an activating group) is 1. The Morgan fingerprint density at radius 2 is 1.58 bits per heavy atom. The smallest absolute Gasteiger partial charge is 0.298 e. The second-order valence-electron chi connectivity index (χ2n) is 3.39. The van der Waals surface area contributed by atoms with Crippen molar-refractivity contribution in [2.45, 2.75) is 5.54 Å². The Hall–Kier alpha value is 0.0700. The summed E-state index contributed by atoms with van der Waals surface area (Å²) in [4.78, 5) is 1.98. The lowest BCUT2D eigenvalue weighted by atomic mass is 10.0. The van der Waals surface area contributed by atoms with Crippen molar-refractivity contribution in [1.29, 1.82) is 0 Å². The van der Waals surface area contributed by atoms with Crippen molar-refractivity contribution in [3.8, 4) is 0 Å². The highest BCUT2D eigenvalue weighted by molar-refractivity contribution is 7.48. The van der Waals surface area contributed by atoms with Gasteiger partial charge in [-0.25, -0.2) is 4.57 Å². The summed E-state index contributed by atoms with van der Waals surface area (Å²) in [5.74, 6) is 0. The molecular formula is C6H12NO4P. The highest BCUT2D eigenvalue weighted by atomic mass is 31.2. The van der Waals surface area contributed by atoms with Gasteiger partial charge in [-0.2, -0.15) is 0 Å². The summed E-state index contributed by atoms with van der Waals surface area (Å²) < 4.78 is 26.3. The number of hydrogen-bond acceptors (Lipinski definition) is 5. The summed E-state index contributed by atoms with van der Waals surface area (Å²) in [6.07, 6.45) is 0. The van der Waals surface area contributed by atoms with E-state index in [2.05, 4.69) is 0 Å². The van der Waals surface area contributed by atoms with Gasteiger partial charge in [-0.3, -0.25) is 18.5 Å². The van der Waals surface area contributed by atoms with E-state index in [1.54, 1.807) is 0 Å². The Balaban J connectivity index is 2.20. The lowest BCUT2D eigenvalue weighted by Crippen LogP contribution is -2.59. The van der Waals surface area contributed by atoms with Gasteiger partial charge in [-0.05, 0) is 14.1 Å². The normalized spacial score (nSPS) is 46.9. The molecule has 0 unspecified atom stereocenters. The van der Waals surface area contributed by atoms with Crippen molar-refractivity contribution >= 4 is 7.82 Å². The molecule has 0 spiro atoms. The van der Waals surface area contributed by atoms with Gasteiger partial charge in [0.2, 0.25) is 0 Å². The number of phosphoric ester groups is 1. The maximum Gasteiger partial charge on any atom is 0.474 e. The van der Waals surface area contributed by atoms with Crippen LogP contribution in [0.2, 0.25) is 0 Å². The van der Waals surface area contributed by atoms with Crippen LogP contribution in [-0.4, -0.2) is 44.4 Å². The molecular weight excluding hydrogens is 181 g/mol. The molecule has 0 amide bonds. The van der Waals surface area contributed by atoms with Crippen LogP contribution in [0.5, 0.6) is 0 Å². The molecule has 0 aromatic carbocycles. The zero-order valence-corrected chi connectivity index (χ0v) is 8.04. The first-order chi connectivity index (χ1) is 5.56. The molecule has 3 saturated heterocycles. The summed E-state index contributed by atoms with van der Waals surface area (Å²) in [7, 11) is 0.719. The molecule has 3 aliphatic rings. The summed E-state index contributed by atoms with van der Waals surface area (Å²) in [5.41, 5.74) is -0.244. The molecule has 5 nitrogen and oxygen atoms in total. The molecule has 0 aromatic heterocycles. The van der Waals surface area contributed by atoms with Crippen molar-refractivity contribution in [3.05, 3.63) is 0 Å². The van der Waals surface area contributed by atoms with Gasteiger partial charge in [-0.15, -0.1) is 0 Å². The maximum absolute atomic E-state index is 11.3. The largest absolute Gasteiger partial charge is 0.474 e. The van der Waals surface area contributed by atoms with Crippen LogP contribution in [0.1, 0.15) is 0 Å². The topological polar surface area (TPSA) is 48.0 Å². The Morgan fingerprint density at radius 3 is 1.92 bits per heavy atom. The second-order valence-corrected chi connectivity index (χ2v) is 5.06. The molecule has 2 bridgehead atoms. The number of phosphoric acid groups is 1. The fourth-order valence-corrected chi connectivity index (χ4v) is 2.64. The van der Waals surface area contributed by atoms with Gasteiger partial charge in [0, 0.05) is 0 Å². The summed E-state index contributed by atoms with van der Waals surface area (Å²) in [5, 5.41) is 0. The van der Waals surface area contributed by atoms with Gasteiger partial charge in [0.15, 0.2) is 0 Å². The molecule has 0 N–H and O–H groups in total. The van der Waals surface area contributed by atoms with Crippen molar-refractivity contribution < 1.29 is 18.1 Å². The van der Waals surface area contributed by atoms with Crippen molar-refractivity contribution in [2.75, 3.05) is 33.9 Å². The zero-order chi connectivity index (χ0) is 8.82. The van der Waals surface area contributed by atoms with Gasteiger partial charge < -0.3 is 0 Å². The fraction of sp³-hybridized carbons (Fsp3) is 1.00. The summed E-state index contributed by atoms with van der Waals surface area (Å²) in [6, 6.07) is 0. The molecule has 0 aromatic rings. The molecule has 3 rings (SSSR count). The molecule has 0 saturated carbocycles. The lowest BCUT2D eigenvalue weighted by molar-refractivity contribution is -0.105. The van der Waals surface area contributed by atoms with Gasteiger partial charge in [-0.1, -0.05) is 0 Å². The van der Waals surface area contributed by atoms with Crippen LogP contribution in [0.15, 0.2) is 0 Å². The number of rotatable bonds is 1. The van der Waals surface area contributed by atoms with E-state index in [4.69, 9.17) is 13.6 Å². The van der Waals surface area contributed by atoms with E-state index in [1.807, 2.05) is 19.0 Å². The Kier molecular flexibility index (Phi) is 1.82. The van der Waals surface area contributed by atoms with Crippen molar-refractivity contribution in [1.82, 2.24) is 4.90 Å². The second kappa shape index (κ2) is 2.53. The van der Waals surface area contributed by atoms with E-state index in [1.165, 1.54) is 0 Å². The van der Waals surface area contributed by atoms with E-state index >= 15 is 0 Å². The minimum absolute atomic E-state index is 0.244. The lowest BCUT2D eigenvalue weighted by Gasteiger charge is -2.47. The molecule has 3 aliphatic heterocycles. The van der Waals surface area contributed by atoms with Gasteiger partial charge in [0.1, 0.15) is 0 Å². The third-order valence-electron chi connectivity index (χ3n) is 2.42. The first-order valence-corrected chi connectivity index (χ1v) is 5.24. The van der Waals surface area contributed by atoms with Gasteiger partial charge in [0.05, 0.1) is 25.4 Å². The van der Waals surface area contributed by atoms with E-state index < -0.39 is 7.82 Å². The number of hydrogen-bond donors (Lipinski definition) is 0. The van der Waals surface area contributed by atoms with Crippen LogP contribution in [0.3, 0.4) is 0 Å². The third-order valence-corrected chi connectivity index (χ3v) is 3.76. The van der Waals surface area contributed by atoms with E-state index in [0.29, 0.717) is 19.8 Å². The molecule has 70 valence electrons. The third kappa shape index (κ3) is 1.13. The van der Waals surface area contributed by atoms with Crippen LogP contribution >= 0.6 is 7.82 Å². The van der Waals surface area contributed by atoms with Crippen LogP contribution in [0.4, 0.5) is 0 Å². The average molecular weight is 193 g/mol. The minimum atomic E-state index is -3.14. The maximum atomic E-state index is 11.3. The standard InChI is InChI=1S/C6H12NO4P/c1-7(2)6-3-9-12(8,10-4-6)11-5-6/h3-5H2,1-2H3. The molecule has 0 radical (unpaired) electrons. The minimum Gasteiger partial charge on any atom is -0.298 e. The summed E-state index contributed by atoms with van der Waals surface area (Å²) >= 11 is 0. The Labute approximate surface area is 71.2 Å². The predicted molar refractivity (Wildman–Crippen MR) is 41.9 cm³/mol. The van der Waals surface area contributed by atoms with E-state index in [9.17, 15) is 4.57 Å². The fourth-order valence-electron chi connectivity index (χ4n) is 1.22. The monoisotopic (exact) mass is 193 g/mol. The van der Waals surface area contributed by atoms with E-state index in [0.717, 1.165) is 0 Å². The highest BCUT2D eigenvalue weighted by Crippen LogP contribution is 2.58. The van der Waals surface area contributed by atoms with Crippen molar-refractivity contribution in [2.24, 2.45) is 0 Å². The first-order valence-electron chi connectivity index (χ1n) is 3.78. The SMILES string of the molecule is CN(C)C12COP(=O)(OC1)OC2. The average Bonchev–Trinajstić information content (AvgIpc) is 2.06. The molecule has 0 atom stereocenters. The predicted octanol–water partition coefficient (Wildman–Crippen LogP) is 0.472. The first kappa shape index (κ1) is 8.66. The highest BCUT2D eigenvalue weighted by Gasteiger charge is 2.51. The number of fused-ring (bicyclic) bond motifs is 3. The van der Waals surface area contributed by atoms with Crippen LogP contribution in [0, 0.1) is 0 Å². The molecule has 12 heavy (non-hydrogen) atoms. The van der Waals surface area contributed by atoms with Crippen molar-refractivity contribution in [3.63, 3.8) is 0 Å². The van der Waals surface area contributed by atoms with Gasteiger partial charge in [0.25, 0.3) is 0 Å². The quantitative estimate of drug-likeness (QED) is 0.566. The molecule has 6 heteroatoms. The molecule has 3 fully saturated rings. The molecule has 3 heterocycles. The van der Waals surface area contributed by atoms with Crippen LogP contribution in [0.25, 0.3) is 0 Å². The van der Waals surface area contributed by atoms with Crippen LogP contribution in [-0.2, 0) is 18.1 Å². The van der Waals surface area contributed by atoms with Gasteiger partial charge >= 0.3 is 7.82 Å². The van der Waals surface area contributed by atoms with E-state index in [-0.39, 0.29) is 5.54 Å². The number of nitrogens with zero attached hydrogens (tertiary/aromatic N) is 1. The van der Waals surface area contributed by atoms with Crippen LogP contribution < -0.4 is 0 Å².